The number of hydrogen-bond acceptors (Lipinski definition) is 2. The molecule has 0 saturated carbocycles. The third-order valence-electron chi connectivity index (χ3n) is 1.71. The van der Waals surface area contributed by atoms with Crippen LogP contribution in [-0.2, 0) is 6.54 Å². The smallest absolute Gasteiger partial charge is 0.408 e. The Hall–Kier alpha value is -1.26. The van der Waals surface area contributed by atoms with E-state index in [4.69, 9.17) is 10.8 Å². The van der Waals surface area contributed by atoms with Crippen LogP contribution in [0.5, 0.6) is 0 Å². The Morgan fingerprint density at radius 2 is 1.93 bits per heavy atom. The highest BCUT2D eigenvalue weighted by atomic mass is 35.5. The summed E-state index contributed by atoms with van der Waals surface area (Å²) in [6, 6.07) is 9.35. The largest absolute Gasteiger partial charge is 0.465 e. The summed E-state index contributed by atoms with van der Waals surface area (Å²) in [5, 5.41) is 8.68. The first-order chi connectivity index (χ1) is 6.24. The highest BCUT2D eigenvalue weighted by Gasteiger charge is 2.08. The van der Waals surface area contributed by atoms with Gasteiger partial charge < -0.3 is 10.8 Å². The van der Waals surface area contributed by atoms with Gasteiger partial charge in [-0.05, 0) is 5.56 Å². The number of nitrogens with two attached hydrogens (primary N) is 1. The van der Waals surface area contributed by atoms with Crippen LogP contribution in [0.1, 0.15) is 5.56 Å². The summed E-state index contributed by atoms with van der Waals surface area (Å²) < 4.78 is 0. The Morgan fingerprint density at radius 1 is 1.36 bits per heavy atom. The molecule has 0 heterocycles. The first-order valence-electron chi connectivity index (χ1n) is 3.96. The fourth-order valence-electron chi connectivity index (χ4n) is 1.01. The van der Waals surface area contributed by atoms with Crippen LogP contribution in [0.15, 0.2) is 30.3 Å². The van der Waals surface area contributed by atoms with Crippen molar-refractivity contribution in [2.75, 3.05) is 6.67 Å². The van der Waals surface area contributed by atoms with Gasteiger partial charge >= 0.3 is 6.09 Å². The Labute approximate surface area is 88.7 Å². The van der Waals surface area contributed by atoms with E-state index in [1.54, 1.807) is 0 Å². The van der Waals surface area contributed by atoms with Crippen molar-refractivity contribution in [3.63, 3.8) is 0 Å². The molecule has 0 bridgehead atoms. The number of benzene rings is 1. The third kappa shape index (κ3) is 3.64. The molecule has 0 atom stereocenters. The summed E-state index contributed by atoms with van der Waals surface area (Å²) in [6.45, 7) is 0.358. The molecule has 1 rings (SSSR count). The topological polar surface area (TPSA) is 66.6 Å². The van der Waals surface area contributed by atoms with Gasteiger partial charge in [-0.1, -0.05) is 30.3 Å². The average Bonchev–Trinajstić information content (AvgIpc) is 2.15. The second kappa shape index (κ2) is 6.23. The molecule has 1 amide bonds. The van der Waals surface area contributed by atoms with Crippen molar-refractivity contribution in [3.05, 3.63) is 35.9 Å². The van der Waals surface area contributed by atoms with Gasteiger partial charge in [0.25, 0.3) is 0 Å². The molecule has 0 aliphatic rings. The van der Waals surface area contributed by atoms with E-state index in [1.165, 1.54) is 0 Å². The summed E-state index contributed by atoms with van der Waals surface area (Å²) >= 11 is 0. The van der Waals surface area contributed by atoms with Crippen molar-refractivity contribution < 1.29 is 9.90 Å². The highest BCUT2D eigenvalue weighted by Crippen LogP contribution is 2.02. The van der Waals surface area contributed by atoms with Gasteiger partial charge in [-0.15, -0.1) is 12.4 Å². The van der Waals surface area contributed by atoms with Gasteiger partial charge in [0.2, 0.25) is 0 Å². The molecule has 0 unspecified atom stereocenters. The number of halogens is 1. The molecule has 3 N–H and O–H groups in total. The number of rotatable bonds is 3. The van der Waals surface area contributed by atoms with Gasteiger partial charge in [-0.2, -0.15) is 0 Å². The van der Waals surface area contributed by atoms with Crippen LogP contribution in [-0.4, -0.2) is 22.8 Å². The summed E-state index contributed by atoms with van der Waals surface area (Å²) in [4.78, 5) is 11.7. The molecule has 0 saturated heterocycles. The number of carboxylic acid groups (broad SMARTS) is 1. The Balaban J connectivity index is 0.00000169. The molecule has 1 aromatic carbocycles. The van der Waals surface area contributed by atoms with Crippen molar-refractivity contribution in [2.24, 2.45) is 5.73 Å². The van der Waals surface area contributed by atoms with Crippen molar-refractivity contribution in [3.8, 4) is 0 Å². The fraction of sp³-hybridized carbons (Fsp3) is 0.222. The summed E-state index contributed by atoms with van der Waals surface area (Å²) in [7, 11) is 0. The molecule has 78 valence electrons. The standard InChI is InChI=1S/C9H12N2O2.ClH/c10-7-11(9(12)13)6-8-4-2-1-3-5-8;/h1-5H,6-7,10H2,(H,12,13);1H. The van der Waals surface area contributed by atoms with Crippen molar-refractivity contribution in [2.45, 2.75) is 6.54 Å². The summed E-state index contributed by atoms with van der Waals surface area (Å²) in [5.74, 6) is 0. The molecular weight excluding hydrogens is 204 g/mol. The minimum absolute atomic E-state index is 0. The second-order valence-electron chi connectivity index (χ2n) is 2.65. The summed E-state index contributed by atoms with van der Waals surface area (Å²) in [5.41, 5.74) is 6.21. The lowest BCUT2D eigenvalue weighted by Gasteiger charge is -2.16. The zero-order valence-electron chi connectivity index (χ0n) is 7.59. The van der Waals surface area contributed by atoms with Crippen LogP contribution in [0.2, 0.25) is 0 Å². The summed E-state index contributed by atoms with van der Waals surface area (Å²) in [6.07, 6.45) is -0.994. The van der Waals surface area contributed by atoms with Gasteiger partial charge in [0, 0.05) is 0 Å². The number of amides is 1. The monoisotopic (exact) mass is 216 g/mol. The Kier molecular flexibility index (Phi) is 5.67. The lowest BCUT2D eigenvalue weighted by atomic mass is 10.2. The number of nitrogens with zero attached hydrogens (tertiary/aromatic N) is 1. The molecule has 4 nitrogen and oxygen atoms in total. The Bertz CT molecular complexity index is 279. The minimum Gasteiger partial charge on any atom is -0.465 e. The van der Waals surface area contributed by atoms with Crippen LogP contribution in [0.25, 0.3) is 0 Å². The van der Waals surface area contributed by atoms with Crippen LogP contribution >= 0.6 is 12.4 Å². The predicted molar refractivity (Wildman–Crippen MR) is 56.3 cm³/mol. The molecule has 0 fully saturated rings. The van der Waals surface area contributed by atoms with E-state index in [1.807, 2.05) is 30.3 Å². The van der Waals surface area contributed by atoms with Crippen LogP contribution in [0.3, 0.4) is 0 Å². The SMILES string of the molecule is Cl.NCN(Cc1ccccc1)C(=O)O. The first kappa shape index (κ1) is 12.7. The molecule has 0 aliphatic carbocycles. The molecule has 14 heavy (non-hydrogen) atoms. The number of hydrogen-bond donors (Lipinski definition) is 2. The van der Waals surface area contributed by atoms with E-state index in [-0.39, 0.29) is 19.1 Å². The highest BCUT2D eigenvalue weighted by molar-refractivity contribution is 5.85. The zero-order valence-corrected chi connectivity index (χ0v) is 8.41. The van der Waals surface area contributed by atoms with E-state index < -0.39 is 6.09 Å². The van der Waals surface area contributed by atoms with Crippen LogP contribution in [0.4, 0.5) is 4.79 Å². The van der Waals surface area contributed by atoms with Crippen LogP contribution in [0, 0.1) is 0 Å². The predicted octanol–water partition coefficient (Wildman–Crippen LogP) is 1.50. The van der Waals surface area contributed by atoms with Gasteiger partial charge in [0.05, 0.1) is 13.2 Å². The maximum atomic E-state index is 10.6. The minimum atomic E-state index is -0.994. The van der Waals surface area contributed by atoms with Crippen molar-refractivity contribution in [1.29, 1.82) is 0 Å². The van der Waals surface area contributed by atoms with E-state index in [0.717, 1.165) is 10.5 Å². The normalized spacial score (nSPS) is 8.93. The van der Waals surface area contributed by atoms with Crippen LogP contribution < -0.4 is 5.73 Å². The maximum absolute atomic E-state index is 10.6. The van der Waals surface area contributed by atoms with E-state index in [2.05, 4.69) is 0 Å². The van der Waals surface area contributed by atoms with E-state index in [0.29, 0.717) is 6.54 Å². The maximum Gasteiger partial charge on any atom is 0.408 e. The zero-order chi connectivity index (χ0) is 9.68. The second-order valence-corrected chi connectivity index (χ2v) is 2.65. The van der Waals surface area contributed by atoms with Gasteiger partial charge in [0.1, 0.15) is 0 Å². The quantitative estimate of drug-likeness (QED) is 0.753. The molecule has 0 spiro atoms. The molecule has 0 aromatic heterocycles. The van der Waals surface area contributed by atoms with Gasteiger partial charge in [0.15, 0.2) is 0 Å². The molecule has 0 radical (unpaired) electrons. The first-order valence-corrected chi connectivity index (χ1v) is 3.96. The molecule has 5 heteroatoms. The Morgan fingerprint density at radius 3 is 2.36 bits per heavy atom. The van der Waals surface area contributed by atoms with Crippen molar-refractivity contribution >= 4 is 18.5 Å². The number of carbonyl (C=O) groups is 1. The average molecular weight is 217 g/mol. The van der Waals surface area contributed by atoms with E-state index >= 15 is 0 Å². The molecule has 0 aliphatic heterocycles. The van der Waals surface area contributed by atoms with Gasteiger partial charge in [-0.3, -0.25) is 4.90 Å². The lowest BCUT2D eigenvalue weighted by Crippen LogP contribution is -2.34. The lowest BCUT2D eigenvalue weighted by molar-refractivity contribution is 0.143. The van der Waals surface area contributed by atoms with Gasteiger partial charge in [-0.25, -0.2) is 4.79 Å². The molecule has 1 aromatic rings. The third-order valence-corrected chi connectivity index (χ3v) is 1.71. The van der Waals surface area contributed by atoms with E-state index in [9.17, 15) is 4.79 Å². The molecular formula is C9H13ClN2O2. The fourth-order valence-corrected chi connectivity index (χ4v) is 1.01. The van der Waals surface area contributed by atoms with Crippen molar-refractivity contribution in [1.82, 2.24) is 4.90 Å².